The van der Waals surface area contributed by atoms with Crippen LogP contribution in [0, 0.1) is 18.7 Å². The maximum atomic E-state index is 13.5. The molecule has 0 saturated carbocycles. The molecule has 0 N–H and O–H groups in total. The van der Waals surface area contributed by atoms with E-state index in [1.165, 1.54) is 25.3 Å². The van der Waals surface area contributed by atoms with E-state index in [2.05, 4.69) is 11.8 Å². The number of carbonyl (C=O) groups is 1. The first kappa shape index (κ1) is 14.1. The minimum atomic E-state index is -0.202. The van der Waals surface area contributed by atoms with Gasteiger partial charge >= 0.3 is 0 Å². The van der Waals surface area contributed by atoms with Gasteiger partial charge in [0, 0.05) is 22.8 Å². The maximum absolute atomic E-state index is 13.5. The third-order valence-electron chi connectivity index (χ3n) is 4.60. The molecule has 2 heterocycles. The van der Waals surface area contributed by atoms with E-state index in [1.54, 1.807) is 13.0 Å². The monoisotopic (exact) mass is 292 g/mol. The Morgan fingerprint density at radius 2 is 2.00 bits per heavy atom. The molecular weight excluding hydrogens is 271 g/mol. The van der Waals surface area contributed by atoms with Gasteiger partial charge in [0.2, 0.25) is 0 Å². The Balaban J connectivity index is 1.65. The van der Waals surface area contributed by atoms with Crippen LogP contribution in [0.15, 0.2) is 18.2 Å². The van der Waals surface area contributed by atoms with Crippen LogP contribution in [0.4, 0.5) is 4.39 Å². The number of Topliss-reactive ketones (excluding diaryl/α,β-unsaturated/α-hetero) is 1. The normalized spacial score (nSPS) is 29.2. The Hall–Kier alpha value is -0.830. The molecular formula is C17H21FOS. The number of aryl methyl sites for hydroxylation is 1. The van der Waals surface area contributed by atoms with Crippen molar-refractivity contribution in [3.8, 4) is 0 Å². The first-order valence-electron chi connectivity index (χ1n) is 7.55. The second kappa shape index (κ2) is 5.88. The van der Waals surface area contributed by atoms with Gasteiger partial charge in [0.15, 0.2) is 0 Å². The van der Waals surface area contributed by atoms with Gasteiger partial charge < -0.3 is 0 Å². The van der Waals surface area contributed by atoms with E-state index >= 15 is 0 Å². The number of hydrogen-bond donors (Lipinski definition) is 0. The number of rotatable bonds is 3. The van der Waals surface area contributed by atoms with Crippen molar-refractivity contribution in [2.45, 2.75) is 55.9 Å². The third kappa shape index (κ3) is 3.08. The molecule has 3 rings (SSSR count). The fourth-order valence-corrected chi connectivity index (χ4v) is 5.25. The highest BCUT2D eigenvalue weighted by molar-refractivity contribution is 8.00. The zero-order valence-corrected chi connectivity index (χ0v) is 12.7. The molecule has 2 fully saturated rings. The summed E-state index contributed by atoms with van der Waals surface area (Å²) in [5.74, 6) is 0.313. The minimum absolute atomic E-state index is 0.202. The molecule has 0 amide bonds. The van der Waals surface area contributed by atoms with Crippen molar-refractivity contribution in [3.05, 3.63) is 35.1 Å². The zero-order valence-electron chi connectivity index (χ0n) is 11.9. The summed E-state index contributed by atoms with van der Waals surface area (Å²) in [4.78, 5) is 12.5. The van der Waals surface area contributed by atoms with Crippen molar-refractivity contribution in [3.63, 3.8) is 0 Å². The number of hydrogen-bond acceptors (Lipinski definition) is 2. The summed E-state index contributed by atoms with van der Waals surface area (Å²) in [6.07, 6.45) is 6.33. The summed E-state index contributed by atoms with van der Waals surface area (Å²) in [7, 11) is 0. The van der Waals surface area contributed by atoms with Crippen molar-refractivity contribution in [2.24, 2.45) is 5.92 Å². The van der Waals surface area contributed by atoms with Gasteiger partial charge in [-0.15, -0.1) is 0 Å². The van der Waals surface area contributed by atoms with E-state index in [0.717, 1.165) is 18.4 Å². The summed E-state index contributed by atoms with van der Waals surface area (Å²) in [6, 6.07) is 5.17. The van der Waals surface area contributed by atoms with Gasteiger partial charge in [-0.05, 0) is 49.8 Å². The molecule has 1 aromatic rings. The van der Waals surface area contributed by atoms with Gasteiger partial charge in [0.1, 0.15) is 11.6 Å². The molecule has 1 aromatic carbocycles. The van der Waals surface area contributed by atoms with Crippen molar-refractivity contribution < 1.29 is 9.18 Å². The van der Waals surface area contributed by atoms with Gasteiger partial charge in [0.25, 0.3) is 0 Å². The highest BCUT2D eigenvalue weighted by Gasteiger charge is 2.35. The van der Waals surface area contributed by atoms with E-state index in [1.807, 2.05) is 6.07 Å². The first-order valence-corrected chi connectivity index (χ1v) is 8.49. The Bertz CT molecular complexity index is 502. The summed E-state index contributed by atoms with van der Waals surface area (Å²) in [5.41, 5.74) is 1.46. The van der Waals surface area contributed by atoms with E-state index < -0.39 is 0 Å². The lowest BCUT2D eigenvalue weighted by atomic mass is 9.85. The van der Waals surface area contributed by atoms with Crippen LogP contribution in [0.5, 0.6) is 0 Å². The standard InChI is InChI=1S/C17H21FOS/c1-11-5-6-12(7-16(11)18)8-17(19)13-9-14-3-2-4-15(10-13)20-14/h5-7,13-15H,2-4,8-10H2,1H3. The SMILES string of the molecule is Cc1ccc(CC(=O)C2CC3CCCC(C2)S3)cc1F. The van der Waals surface area contributed by atoms with Crippen molar-refractivity contribution in [1.29, 1.82) is 0 Å². The van der Waals surface area contributed by atoms with Crippen molar-refractivity contribution in [1.82, 2.24) is 0 Å². The van der Waals surface area contributed by atoms with Gasteiger partial charge in [0.05, 0.1) is 0 Å². The lowest BCUT2D eigenvalue weighted by molar-refractivity contribution is -0.122. The summed E-state index contributed by atoms with van der Waals surface area (Å²) >= 11 is 2.09. The number of benzene rings is 1. The summed E-state index contributed by atoms with van der Waals surface area (Å²) in [6.45, 7) is 1.75. The molecule has 2 aliphatic heterocycles. The van der Waals surface area contributed by atoms with Crippen molar-refractivity contribution >= 4 is 17.5 Å². The van der Waals surface area contributed by atoms with Crippen LogP contribution in [0.3, 0.4) is 0 Å². The van der Waals surface area contributed by atoms with Gasteiger partial charge in [-0.1, -0.05) is 18.6 Å². The third-order valence-corrected chi connectivity index (χ3v) is 6.23. The molecule has 2 unspecified atom stereocenters. The highest BCUT2D eigenvalue weighted by atomic mass is 32.2. The molecule has 0 aromatic heterocycles. The van der Waals surface area contributed by atoms with Crippen LogP contribution in [-0.4, -0.2) is 16.3 Å². The number of halogens is 1. The van der Waals surface area contributed by atoms with E-state index in [4.69, 9.17) is 0 Å². The van der Waals surface area contributed by atoms with Crippen LogP contribution in [0.1, 0.15) is 43.2 Å². The Morgan fingerprint density at radius 3 is 2.65 bits per heavy atom. The number of ketones is 1. The molecule has 2 saturated heterocycles. The molecule has 2 aliphatic rings. The average Bonchev–Trinajstić information content (AvgIpc) is 2.42. The van der Waals surface area contributed by atoms with Crippen molar-refractivity contribution in [2.75, 3.05) is 0 Å². The average molecular weight is 292 g/mol. The number of carbonyl (C=O) groups excluding carboxylic acids is 1. The quantitative estimate of drug-likeness (QED) is 0.825. The summed E-state index contributed by atoms with van der Waals surface area (Å²) in [5, 5.41) is 1.37. The van der Waals surface area contributed by atoms with Gasteiger partial charge in [-0.3, -0.25) is 4.79 Å². The zero-order chi connectivity index (χ0) is 14.1. The topological polar surface area (TPSA) is 17.1 Å². The van der Waals surface area contributed by atoms with Crippen LogP contribution in [0.25, 0.3) is 0 Å². The van der Waals surface area contributed by atoms with E-state index in [9.17, 15) is 9.18 Å². The van der Waals surface area contributed by atoms with Gasteiger partial charge in [-0.2, -0.15) is 11.8 Å². The second-order valence-electron chi connectivity index (χ2n) is 6.21. The molecule has 3 heteroatoms. The number of thioether (sulfide) groups is 1. The largest absolute Gasteiger partial charge is 0.299 e. The molecule has 0 radical (unpaired) electrons. The van der Waals surface area contributed by atoms with Crippen LogP contribution >= 0.6 is 11.8 Å². The predicted molar refractivity (Wildman–Crippen MR) is 81.6 cm³/mol. The molecule has 0 spiro atoms. The Labute approximate surface area is 124 Å². The minimum Gasteiger partial charge on any atom is -0.299 e. The predicted octanol–water partition coefficient (Wildman–Crippen LogP) is 4.31. The lowest BCUT2D eigenvalue weighted by Gasteiger charge is -2.38. The maximum Gasteiger partial charge on any atom is 0.140 e. The molecule has 1 nitrogen and oxygen atoms in total. The Morgan fingerprint density at radius 1 is 1.30 bits per heavy atom. The molecule has 20 heavy (non-hydrogen) atoms. The first-order chi connectivity index (χ1) is 9.61. The summed E-state index contributed by atoms with van der Waals surface area (Å²) < 4.78 is 13.5. The lowest BCUT2D eigenvalue weighted by Crippen LogP contribution is -2.33. The Kier molecular flexibility index (Phi) is 4.16. The molecule has 108 valence electrons. The molecule has 0 aliphatic carbocycles. The second-order valence-corrected chi connectivity index (χ2v) is 7.81. The highest BCUT2D eigenvalue weighted by Crippen LogP contribution is 2.44. The van der Waals surface area contributed by atoms with Gasteiger partial charge in [-0.25, -0.2) is 4.39 Å². The van der Waals surface area contributed by atoms with E-state index in [-0.39, 0.29) is 11.7 Å². The van der Waals surface area contributed by atoms with Crippen LogP contribution in [-0.2, 0) is 11.2 Å². The van der Waals surface area contributed by atoms with Crippen LogP contribution < -0.4 is 0 Å². The van der Waals surface area contributed by atoms with E-state index in [0.29, 0.717) is 28.3 Å². The molecule has 2 atom stereocenters. The smallest absolute Gasteiger partial charge is 0.140 e. The molecule has 2 bridgehead atoms. The van der Waals surface area contributed by atoms with Crippen LogP contribution in [0.2, 0.25) is 0 Å². The number of fused-ring (bicyclic) bond motifs is 2. The fraction of sp³-hybridized carbons (Fsp3) is 0.588. The fourth-order valence-electron chi connectivity index (χ4n) is 3.41.